The minimum absolute atomic E-state index is 0.773. The summed E-state index contributed by atoms with van der Waals surface area (Å²) in [4.78, 5) is 25.0. The molecule has 0 saturated heterocycles. The third-order valence-electron chi connectivity index (χ3n) is 2.21. The fourth-order valence-electron chi connectivity index (χ4n) is 1.43. The Bertz CT molecular complexity index is 450. The summed E-state index contributed by atoms with van der Waals surface area (Å²) in [5.74, 6) is 0. The maximum absolute atomic E-state index is 10.5. The molecule has 0 fully saturated rings. The molecular formula is C12H10O2S2. The van der Waals surface area contributed by atoms with Crippen LogP contribution in [0.3, 0.4) is 0 Å². The zero-order chi connectivity index (χ0) is 11.4. The molecule has 0 atom stereocenters. The molecule has 0 aliphatic rings. The SMILES string of the molecule is O=Cc1ccc(CCc2ccc(C=O)s2)s1. The van der Waals surface area contributed by atoms with E-state index in [1.165, 1.54) is 32.4 Å². The quantitative estimate of drug-likeness (QED) is 0.763. The lowest BCUT2D eigenvalue weighted by atomic mass is 10.2. The largest absolute Gasteiger partial charge is 0.297 e. The fraction of sp³-hybridized carbons (Fsp3) is 0.167. The van der Waals surface area contributed by atoms with Crippen molar-refractivity contribution in [1.29, 1.82) is 0 Å². The first-order valence-corrected chi connectivity index (χ1v) is 6.53. The number of hydrogen-bond donors (Lipinski definition) is 0. The second-order valence-electron chi connectivity index (χ2n) is 3.34. The Labute approximate surface area is 102 Å². The van der Waals surface area contributed by atoms with Crippen molar-refractivity contribution in [2.24, 2.45) is 0 Å². The zero-order valence-electron chi connectivity index (χ0n) is 8.51. The summed E-state index contributed by atoms with van der Waals surface area (Å²) in [6.07, 6.45) is 3.61. The number of aldehydes is 2. The predicted octanol–water partition coefficient (Wildman–Crippen LogP) is 3.22. The molecule has 0 radical (unpaired) electrons. The van der Waals surface area contributed by atoms with Gasteiger partial charge in [-0.25, -0.2) is 0 Å². The average molecular weight is 250 g/mol. The highest BCUT2D eigenvalue weighted by Crippen LogP contribution is 2.20. The Morgan fingerprint density at radius 3 is 1.56 bits per heavy atom. The Morgan fingerprint density at radius 1 is 0.812 bits per heavy atom. The van der Waals surface area contributed by atoms with Crippen LogP contribution in [0.4, 0.5) is 0 Å². The van der Waals surface area contributed by atoms with Crippen molar-refractivity contribution in [2.75, 3.05) is 0 Å². The summed E-state index contributed by atoms with van der Waals surface area (Å²) in [5, 5.41) is 0. The molecule has 2 rings (SSSR count). The van der Waals surface area contributed by atoms with Crippen LogP contribution < -0.4 is 0 Å². The molecule has 82 valence electrons. The second-order valence-corrected chi connectivity index (χ2v) is 5.74. The highest BCUT2D eigenvalue weighted by molar-refractivity contribution is 7.14. The summed E-state index contributed by atoms with van der Waals surface area (Å²) >= 11 is 3.06. The first kappa shape index (κ1) is 11.2. The fourth-order valence-corrected chi connectivity index (χ4v) is 3.09. The minimum Gasteiger partial charge on any atom is -0.297 e. The lowest BCUT2D eigenvalue weighted by molar-refractivity contribution is 0.111. The van der Waals surface area contributed by atoms with Gasteiger partial charge in [0.1, 0.15) is 0 Å². The van der Waals surface area contributed by atoms with E-state index in [1.807, 2.05) is 24.3 Å². The van der Waals surface area contributed by atoms with E-state index in [1.54, 1.807) is 0 Å². The van der Waals surface area contributed by atoms with Crippen molar-refractivity contribution >= 4 is 35.2 Å². The van der Waals surface area contributed by atoms with E-state index >= 15 is 0 Å². The summed E-state index contributed by atoms with van der Waals surface area (Å²) in [6, 6.07) is 7.67. The van der Waals surface area contributed by atoms with E-state index in [0.29, 0.717) is 0 Å². The second kappa shape index (κ2) is 5.18. The highest BCUT2D eigenvalue weighted by Gasteiger charge is 2.02. The van der Waals surface area contributed by atoms with Gasteiger partial charge in [-0.1, -0.05) is 0 Å². The van der Waals surface area contributed by atoms with E-state index in [-0.39, 0.29) is 0 Å². The molecule has 2 aromatic heterocycles. The maximum atomic E-state index is 10.5. The molecule has 0 aromatic carbocycles. The topological polar surface area (TPSA) is 34.1 Å². The number of thiophene rings is 2. The van der Waals surface area contributed by atoms with Gasteiger partial charge in [-0.3, -0.25) is 9.59 Å². The molecule has 0 aliphatic carbocycles. The Balaban J connectivity index is 1.96. The van der Waals surface area contributed by atoms with Crippen LogP contribution in [-0.4, -0.2) is 12.6 Å². The Kier molecular flexibility index (Phi) is 3.64. The van der Waals surface area contributed by atoms with Gasteiger partial charge >= 0.3 is 0 Å². The van der Waals surface area contributed by atoms with E-state index < -0.39 is 0 Å². The maximum Gasteiger partial charge on any atom is 0.160 e. The van der Waals surface area contributed by atoms with Gasteiger partial charge in [-0.05, 0) is 37.1 Å². The van der Waals surface area contributed by atoms with Gasteiger partial charge in [-0.2, -0.15) is 0 Å². The summed E-state index contributed by atoms with van der Waals surface area (Å²) < 4.78 is 0. The molecule has 0 unspecified atom stereocenters. The van der Waals surface area contributed by atoms with Gasteiger partial charge < -0.3 is 0 Å². The van der Waals surface area contributed by atoms with Crippen molar-refractivity contribution in [3.05, 3.63) is 43.8 Å². The molecule has 2 heterocycles. The third-order valence-corrected chi connectivity index (χ3v) is 4.36. The van der Waals surface area contributed by atoms with Crippen LogP contribution in [0, 0.1) is 0 Å². The van der Waals surface area contributed by atoms with Crippen LogP contribution in [0.5, 0.6) is 0 Å². The predicted molar refractivity (Wildman–Crippen MR) is 66.8 cm³/mol. The summed E-state index contributed by atoms with van der Waals surface area (Å²) in [5.41, 5.74) is 0. The van der Waals surface area contributed by atoms with E-state index in [2.05, 4.69) is 0 Å². The molecule has 0 amide bonds. The average Bonchev–Trinajstić information content (AvgIpc) is 2.95. The van der Waals surface area contributed by atoms with Crippen molar-refractivity contribution in [1.82, 2.24) is 0 Å². The Hall–Kier alpha value is -1.26. The van der Waals surface area contributed by atoms with Crippen molar-refractivity contribution < 1.29 is 9.59 Å². The van der Waals surface area contributed by atoms with Crippen LogP contribution in [-0.2, 0) is 12.8 Å². The minimum atomic E-state index is 0.773. The van der Waals surface area contributed by atoms with Gasteiger partial charge in [0, 0.05) is 9.75 Å². The third kappa shape index (κ3) is 2.65. The van der Waals surface area contributed by atoms with Crippen molar-refractivity contribution in [3.8, 4) is 0 Å². The molecule has 16 heavy (non-hydrogen) atoms. The molecule has 4 heteroatoms. The van der Waals surface area contributed by atoms with Crippen LogP contribution in [0.15, 0.2) is 24.3 Å². The van der Waals surface area contributed by atoms with Gasteiger partial charge in [-0.15, -0.1) is 22.7 Å². The van der Waals surface area contributed by atoms with Crippen molar-refractivity contribution in [3.63, 3.8) is 0 Å². The highest BCUT2D eigenvalue weighted by atomic mass is 32.1. The van der Waals surface area contributed by atoms with E-state index in [0.717, 1.165) is 35.2 Å². The van der Waals surface area contributed by atoms with Gasteiger partial charge in [0.05, 0.1) is 9.75 Å². The first-order valence-electron chi connectivity index (χ1n) is 4.89. The molecule has 2 aromatic rings. The van der Waals surface area contributed by atoms with Crippen molar-refractivity contribution in [2.45, 2.75) is 12.8 Å². The number of carbonyl (C=O) groups excluding carboxylic acids is 2. The molecule has 0 aliphatic heterocycles. The monoisotopic (exact) mass is 250 g/mol. The Morgan fingerprint density at radius 2 is 1.25 bits per heavy atom. The molecule has 0 N–H and O–H groups in total. The lowest BCUT2D eigenvalue weighted by Gasteiger charge is -1.93. The van der Waals surface area contributed by atoms with Gasteiger partial charge in [0.2, 0.25) is 0 Å². The number of hydrogen-bond acceptors (Lipinski definition) is 4. The first-order chi connectivity index (χ1) is 7.81. The number of rotatable bonds is 5. The van der Waals surface area contributed by atoms with Crippen LogP contribution in [0.2, 0.25) is 0 Å². The summed E-state index contributed by atoms with van der Waals surface area (Å²) in [6.45, 7) is 0. The van der Waals surface area contributed by atoms with E-state index in [4.69, 9.17) is 0 Å². The standard InChI is InChI=1S/C12H10O2S2/c13-7-11-5-3-9(15-11)1-2-10-4-6-12(8-14)16-10/h3-8H,1-2H2. The van der Waals surface area contributed by atoms with Crippen LogP contribution in [0.25, 0.3) is 0 Å². The zero-order valence-corrected chi connectivity index (χ0v) is 10.1. The molecular weight excluding hydrogens is 240 g/mol. The van der Waals surface area contributed by atoms with Crippen LogP contribution >= 0.6 is 22.7 Å². The van der Waals surface area contributed by atoms with Gasteiger partial charge in [0.25, 0.3) is 0 Å². The van der Waals surface area contributed by atoms with Crippen LogP contribution in [0.1, 0.15) is 29.1 Å². The van der Waals surface area contributed by atoms with Gasteiger partial charge in [0.15, 0.2) is 12.6 Å². The number of aryl methyl sites for hydroxylation is 2. The molecule has 2 nitrogen and oxygen atoms in total. The smallest absolute Gasteiger partial charge is 0.160 e. The molecule has 0 spiro atoms. The number of carbonyl (C=O) groups is 2. The van der Waals surface area contributed by atoms with E-state index in [9.17, 15) is 9.59 Å². The molecule has 0 saturated carbocycles. The summed E-state index contributed by atoms with van der Waals surface area (Å²) in [7, 11) is 0. The normalized spacial score (nSPS) is 10.2. The molecule has 0 bridgehead atoms. The lowest BCUT2D eigenvalue weighted by Crippen LogP contribution is -1.83.